The number of carbonyl (C=O) groups excluding carboxylic acids is 1. The van der Waals surface area contributed by atoms with Crippen molar-refractivity contribution in [3.63, 3.8) is 0 Å². The van der Waals surface area contributed by atoms with E-state index in [1.54, 1.807) is 18.2 Å². The zero-order valence-electron chi connectivity index (χ0n) is 13.1. The number of nitrogens with one attached hydrogen (secondary N) is 2. The summed E-state index contributed by atoms with van der Waals surface area (Å²) in [5.41, 5.74) is 1.26. The lowest BCUT2D eigenvalue weighted by molar-refractivity contribution is 0.102. The SMILES string of the molecule is O=C(Nc1c(Cl)cccc1Cl)c1cncc(Nc2ccc(F)c(F)c2)c1. The van der Waals surface area contributed by atoms with Gasteiger partial charge in [0.05, 0.1) is 33.2 Å². The van der Waals surface area contributed by atoms with Crippen LogP contribution in [-0.2, 0) is 0 Å². The van der Waals surface area contributed by atoms with Gasteiger partial charge in [0.2, 0.25) is 0 Å². The van der Waals surface area contributed by atoms with Crippen LogP contribution >= 0.6 is 23.2 Å². The molecular weight excluding hydrogens is 383 g/mol. The Morgan fingerprint density at radius 3 is 2.35 bits per heavy atom. The number of carbonyl (C=O) groups is 1. The van der Waals surface area contributed by atoms with Gasteiger partial charge >= 0.3 is 0 Å². The van der Waals surface area contributed by atoms with Crippen molar-refractivity contribution in [2.45, 2.75) is 0 Å². The normalized spacial score (nSPS) is 10.5. The van der Waals surface area contributed by atoms with E-state index >= 15 is 0 Å². The molecule has 0 aliphatic rings. The highest BCUT2D eigenvalue weighted by Gasteiger charge is 2.12. The van der Waals surface area contributed by atoms with Gasteiger partial charge in [-0.15, -0.1) is 0 Å². The van der Waals surface area contributed by atoms with Gasteiger partial charge in [-0.05, 0) is 30.3 Å². The average Bonchev–Trinajstić information content (AvgIpc) is 2.61. The molecule has 0 bridgehead atoms. The third-order valence-electron chi connectivity index (χ3n) is 3.41. The number of hydrogen-bond acceptors (Lipinski definition) is 3. The Kier molecular flexibility index (Phi) is 5.35. The zero-order chi connectivity index (χ0) is 18.7. The zero-order valence-corrected chi connectivity index (χ0v) is 14.6. The number of nitrogens with zero attached hydrogens (tertiary/aromatic N) is 1. The monoisotopic (exact) mass is 393 g/mol. The highest BCUT2D eigenvalue weighted by Crippen LogP contribution is 2.30. The fourth-order valence-corrected chi connectivity index (χ4v) is 2.67. The topological polar surface area (TPSA) is 54.0 Å². The van der Waals surface area contributed by atoms with Crippen molar-refractivity contribution in [1.82, 2.24) is 4.98 Å². The predicted octanol–water partition coefficient (Wildman–Crippen LogP) is 5.66. The Bertz CT molecular complexity index is 962. The Morgan fingerprint density at radius 2 is 1.65 bits per heavy atom. The summed E-state index contributed by atoms with van der Waals surface area (Å²) in [5.74, 6) is -2.40. The molecule has 2 N–H and O–H groups in total. The third kappa shape index (κ3) is 4.09. The van der Waals surface area contributed by atoms with Crippen LogP contribution in [0.2, 0.25) is 10.0 Å². The van der Waals surface area contributed by atoms with E-state index in [9.17, 15) is 13.6 Å². The molecule has 0 aliphatic carbocycles. The maximum atomic E-state index is 13.3. The molecule has 1 aromatic heterocycles. The maximum absolute atomic E-state index is 13.3. The van der Waals surface area contributed by atoms with Crippen LogP contribution in [0.5, 0.6) is 0 Å². The number of rotatable bonds is 4. The summed E-state index contributed by atoms with van der Waals surface area (Å²) in [7, 11) is 0. The van der Waals surface area contributed by atoms with Gasteiger partial charge in [0.15, 0.2) is 11.6 Å². The van der Waals surface area contributed by atoms with Crippen molar-refractivity contribution in [3.05, 3.63) is 82.1 Å². The van der Waals surface area contributed by atoms with E-state index in [1.165, 1.54) is 24.5 Å². The molecule has 0 radical (unpaired) electrons. The Morgan fingerprint density at radius 1 is 0.923 bits per heavy atom. The fourth-order valence-electron chi connectivity index (χ4n) is 2.18. The molecule has 132 valence electrons. The molecule has 8 heteroatoms. The van der Waals surface area contributed by atoms with Crippen LogP contribution in [0.4, 0.5) is 25.8 Å². The largest absolute Gasteiger partial charge is 0.354 e. The van der Waals surface area contributed by atoms with E-state index < -0.39 is 17.5 Å². The van der Waals surface area contributed by atoms with Crippen LogP contribution in [0.3, 0.4) is 0 Å². The van der Waals surface area contributed by atoms with E-state index in [2.05, 4.69) is 15.6 Å². The number of hydrogen-bond donors (Lipinski definition) is 2. The molecule has 0 atom stereocenters. The minimum Gasteiger partial charge on any atom is -0.354 e. The average molecular weight is 394 g/mol. The molecule has 1 amide bonds. The summed E-state index contributed by atoms with van der Waals surface area (Å²) >= 11 is 12.1. The molecule has 0 fully saturated rings. The number of amides is 1. The summed E-state index contributed by atoms with van der Waals surface area (Å²) in [6, 6.07) is 9.74. The summed E-state index contributed by atoms with van der Waals surface area (Å²) in [4.78, 5) is 16.4. The van der Waals surface area contributed by atoms with E-state index in [1.807, 2.05) is 0 Å². The number of halogens is 4. The molecule has 0 unspecified atom stereocenters. The van der Waals surface area contributed by atoms with Gasteiger partial charge in [-0.1, -0.05) is 29.3 Å². The number of para-hydroxylation sites is 1. The lowest BCUT2D eigenvalue weighted by Gasteiger charge is -2.11. The van der Waals surface area contributed by atoms with Gasteiger partial charge in [-0.25, -0.2) is 8.78 Å². The van der Waals surface area contributed by atoms with Crippen molar-refractivity contribution in [3.8, 4) is 0 Å². The predicted molar refractivity (Wildman–Crippen MR) is 98.3 cm³/mol. The van der Waals surface area contributed by atoms with Crippen molar-refractivity contribution >= 4 is 46.2 Å². The first-order valence-corrected chi connectivity index (χ1v) is 8.12. The fraction of sp³-hybridized carbons (Fsp3) is 0. The summed E-state index contributed by atoms with van der Waals surface area (Å²) in [6.45, 7) is 0. The van der Waals surface area contributed by atoms with Gasteiger partial charge in [-0.2, -0.15) is 0 Å². The van der Waals surface area contributed by atoms with Gasteiger partial charge in [0.1, 0.15) is 0 Å². The van der Waals surface area contributed by atoms with Crippen LogP contribution in [0.25, 0.3) is 0 Å². The van der Waals surface area contributed by atoms with E-state index in [0.29, 0.717) is 27.1 Å². The van der Waals surface area contributed by atoms with E-state index in [0.717, 1.165) is 12.1 Å². The molecule has 0 saturated heterocycles. The van der Waals surface area contributed by atoms with E-state index in [-0.39, 0.29) is 5.56 Å². The number of benzene rings is 2. The molecule has 4 nitrogen and oxygen atoms in total. The smallest absolute Gasteiger partial charge is 0.257 e. The van der Waals surface area contributed by atoms with Crippen LogP contribution in [0.15, 0.2) is 54.9 Å². The maximum Gasteiger partial charge on any atom is 0.257 e. The molecule has 1 heterocycles. The number of anilines is 3. The summed E-state index contributed by atoms with van der Waals surface area (Å²) < 4.78 is 26.3. The Balaban J connectivity index is 1.80. The lowest BCUT2D eigenvalue weighted by atomic mass is 10.2. The Hall–Kier alpha value is -2.70. The van der Waals surface area contributed by atoms with E-state index in [4.69, 9.17) is 23.2 Å². The first kappa shape index (κ1) is 18.1. The highest BCUT2D eigenvalue weighted by molar-refractivity contribution is 6.40. The van der Waals surface area contributed by atoms with Crippen LogP contribution in [0, 0.1) is 11.6 Å². The second-order valence-electron chi connectivity index (χ2n) is 5.27. The lowest BCUT2D eigenvalue weighted by Crippen LogP contribution is -2.13. The molecule has 26 heavy (non-hydrogen) atoms. The first-order valence-electron chi connectivity index (χ1n) is 7.36. The van der Waals surface area contributed by atoms with Crippen LogP contribution < -0.4 is 10.6 Å². The minimum atomic E-state index is -0.981. The number of aromatic nitrogens is 1. The molecule has 2 aromatic carbocycles. The van der Waals surface area contributed by atoms with Gasteiger partial charge < -0.3 is 10.6 Å². The minimum absolute atomic E-state index is 0.230. The quantitative estimate of drug-likeness (QED) is 0.600. The standard InChI is InChI=1S/C18H11Cl2F2N3O/c19-13-2-1-3-14(20)17(13)25-18(26)10-6-12(9-23-8-10)24-11-4-5-15(21)16(22)7-11/h1-9,24H,(H,25,26). The summed E-state index contributed by atoms with van der Waals surface area (Å²) in [5, 5.41) is 6.08. The molecule has 3 rings (SSSR count). The molecule has 0 spiro atoms. The van der Waals surface area contributed by atoms with Crippen LogP contribution in [-0.4, -0.2) is 10.9 Å². The van der Waals surface area contributed by atoms with Crippen molar-refractivity contribution < 1.29 is 13.6 Å². The Labute approximate surface area is 157 Å². The van der Waals surface area contributed by atoms with Crippen LogP contribution in [0.1, 0.15) is 10.4 Å². The molecular formula is C18H11Cl2F2N3O. The van der Waals surface area contributed by atoms with Gasteiger partial charge in [0.25, 0.3) is 5.91 Å². The van der Waals surface area contributed by atoms with Crippen molar-refractivity contribution in [2.75, 3.05) is 10.6 Å². The highest BCUT2D eigenvalue weighted by atomic mass is 35.5. The molecule has 0 saturated carbocycles. The van der Waals surface area contributed by atoms with Crippen molar-refractivity contribution in [2.24, 2.45) is 0 Å². The molecule has 0 aliphatic heterocycles. The van der Waals surface area contributed by atoms with Gasteiger partial charge in [0, 0.05) is 18.0 Å². The van der Waals surface area contributed by atoms with Gasteiger partial charge in [-0.3, -0.25) is 9.78 Å². The number of pyridine rings is 1. The second-order valence-corrected chi connectivity index (χ2v) is 6.08. The molecule has 3 aromatic rings. The third-order valence-corrected chi connectivity index (χ3v) is 4.04. The first-order chi connectivity index (χ1) is 12.4. The summed E-state index contributed by atoms with van der Waals surface area (Å²) in [6.07, 6.45) is 2.80. The van der Waals surface area contributed by atoms with Crippen molar-refractivity contribution in [1.29, 1.82) is 0 Å². The second kappa shape index (κ2) is 7.68.